The molecule has 0 aliphatic carbocycles. The van der Waals surface area contributed by atoms with Crippen molar-refractivity contribution in [2.45, 2.75) is 5.85 Å². The Morgan fingerprint density at radius 1 is 1.43 bits per heavy atom. The summed E-state index contributed by atoms with van der Waals surface area (Å²) < 4.78 is 18.0. The molecule has 0 saturated heterocycles. The van der Waals surface area contributed by atoms with Crippen molar-refractivity contribution >= 4 is 13.2 Å². The predicted octanol–water partition coefficient (Wildman–Crippen LogP) is 0.337. The zero-order chi connectivity index (χ0) is 15.0. The number of methoxy groups -OCH3 is 1. The first-order valence-corrected chi connectivity index (χ1v) is 7.48. The molecule has 3 heterocycles. The van der Waals surface area contributed by atoms with E-state index in [9.17, 15) is 14.4 Å². The topological polar surface area (TPSA) is 139 Å². The van der Waals surface area contributed by atoms with Crippen LogP contribution >= 0.6 is 7.60 Å². The van der Waals surface area contributed by atoms with Crippen LogP contribution in [0.5, 0.6) is 0 Å². The van der Waals surface area contributed by atoms with E-state index in [2.05, 4.69) is 25.6 Å². The predicted molar refractivity (Wildman–Crippen MR) is 70.2 cm³/mol. The second-order valence-corrected chi connectivity index (χ2v) is 5.86. The molecular weight excluding hydrogens is 299 g/mol. The van der Waals surface area contributed by atoms with Crippen LogP contribution in [0.4, 0.5) is 0 Å². The third kappa shape index (κ3) is 2.45. The van der Waals surface area contributed by atoms with Gasteiger partial charge in [-0.2, -0.15) is 5.21 Å². The number of hydrogen-bond donors (Lipinski definition) is 3. The van der Waals surface area contributed by atoms with Crippen LogP contribution in [0.2, 0.25) is 0 Å². The highest BCUT2D eigenvalue weighted by molar-refractivity contribution is 7.51. The van der Waals surface area contributed by atoms with E-state index in [1.54, 1.807) is 24.4 Å². The molecule has 0 aliphatic rings. The molecule has 0 radical (unpaired) electrons. The van der Waals surface area contributed by atoms with E-state index >= 15 is 0 Å². The maximum atomic E-state index is 11.5. The van der Waals surface area contributed by atoms with Crippen molar-refractivity contribution in [3.63, 3.8) is 0 Å². The average Bonchev–Trinajstić information content (AvgIpc) is 3.07. The van der Waals surface area contributed by atoms with Gasteiger partial charge in [0.1, 0.15) is 11.3 Å². The Labute approximate surface area is 117 Å². The van der Waals surface area contributed by atoms with E-state index in [4.69, 9.17) is 4.74 Å². The maximum absolute atomic E-state index is 11.5. The van der Waals surface area contributed by atoms with E-state index in [1.165, 1.54) is 11.5 Å². The summed E-state index contributed by atoms with van der Waals surface area (Å²) in [5.74, 6) is -1.09. The number of aromatic amines is 1. The van der Waals surface area contributed by atoms with Gasteiger partial charge in [-0.15, -0.1) is 10.2 Å². The molecule has 0 bridgehead atoms. The van der Waals surface area contributed by atoms with Crippen LogP contribution in [0.3, 0.4) is 0 Å². The Morgan fingerprint density at radius 2 is 2.24 bits per heavy atom. The first kappa shape index (κ1) is 13.8. The average molecular weight is 310 g/mol. The molecule has 1 unspecified atom stereocenters. The number of tetrazole rings is 1. The molecule has 3 aromatic rings. The van der Waals surface area contributed by atoms with Crippen LogP contribution in [0.15, 0.2) is 24.4 Å². The van der Waals surface area contributed by atoms with E-state index in [1.807, 2.05) is 0 Å². The number of fused-ring (bicyclic) bond motifs is 1. The first-order valence-electron chi connectivity index (χ1n) is 5.80. The molecule has 21 heavy (non-hydrogen) atoms. The summed E-state index contributed by atoms with van der Waals surface area (Å²) in [6.07, 6.45) is 1.57. The zero-order valence-corrected chi connectivity index (χ0v) is 11.7. The van der Waals surface area contributed by atoms with E-state index in [0.717, 1.165) is 0 Å². The van der Waals surface area contributed by atoms with Gasteiger partial charge in [0.25, 0.3) is 0 Å². The molecule has 10 nitrogen and oxygen atoms in total. The Kier molecular flexibility index (Phi) is 3.30. The van der Waals surface area contributed by atoms with Crippen LogP contribution in [0.25, 0.3) is 17.2 Å². The number of nitrogens with one attached hydrogen (secondary N) is 1. The number of nitrogens with zero attached hydrogens (tertiary/aromatic N) is 5. The van der Waals surface area contributed by atoms with Gasteiger partial charge in [0, 0.05) is 13.3 Å². The molecule has 0 saturated carbocycles. The van der Waals surface area contributed by atoms with Crippen molar-refractivity contribution in [1.29, 1.82) is 0 Å². The van der Waals surface area contributed by atoms with Crippen molar-refractivity contribution in [3.8, 4) is 11.5 Å². The van der Waals surface area contributed by atoms with Gasteiger partial charge >= 0.3 is 7.60 Å². The van der Waals surface area contributed by atoms with Crippen LogP contribution < -0.4 is 0 Å². The lowest BCUT2D eigenvalue weighted by molar-refractivity contribution is 0.133. The second kappa shape index (κ2) is 5.01. The minimum atomic E-state index is -4.47. The molecule has 1 atom stereocenters. The highest BCUT2D eigenvalue weighted by Gasteiger charge is 2.32. The third-order valence-corrected chi connectivity index (χ3v) is 3.97. The van der Waals surface area contributed by atoms with Crippen LogP contribution in [0, 0.1) is 0 Å². The SMILES string of the molecule is COC(c1cccc2nc(-c3nn[nH]n3)cn12)P(=O)(O)O. The number of H-pyrrole nitrogens is 1. The van der Waals surface area contributed by atoms with Crippen LogP contribution in [-0.4, -0.2) is 46.9 Å². The Bertz CT molecular complexity index is 810. The van der Waals surface area contributed by atoms with E-state index in [-0.39, 0.29) is 11.5 Å². The van der Waals surface area contributed by atoms with Crippen molar-refractivity contribution in [2.75, 3.05) is 7.11 Å². The number of hydrogen-bond acceptors (Lipinski definition) is 6. The lowest BCUT2D eigenvalue weighted by Gasteiger charge is -2.18. The zero-order valence-electron chi connectivity index (χ0n) is 10.8. The van der Waals surface area contributed by atoms with Gasteiger partial charge in [0.05, 0.1) is 5.69 Å². The van der Waals surface area contributed by atoms with Crippen molar-refractivity contribution in [3.05, 3.63) is 30.1 Å². The summed E-state index contributed by atoms with van der Waals surface area (Å²) in [4.78, 5) is 23.1. The first-order chi connectivity index (χ1) is 10.0. The molecular formula is C10H11N6O4P. The quantitative estimate of drug-likeness (QED) is 0.586. The Morgan fingerprint density at radius 3 is 2.86 bits per heavy atom. The third-order valence-electron chi connectivity index (χ3n) is 2.88. The lowest BCUT2D eigenvalue weighted by atomic mass is 10.3. The smallest absolute Gasteiger partial charge is 0.360 e. The normalized spacial score (nSPS) is 13.7. The van der Waals surface area contributed by atoms with Gasteiger partial charge in [-0.25, -0.2) is 4.98 Å². The molecule has 0 aromatic carbocycles. The minimum Gasteiger partial charge on any atom is -0.363 e. The number of pyridine rings is 1. The minimum absolute atomic E-state index is 0.283. The molecule has 11 heteroatoms. The Balaban J connectivity index is 2.18. The molecule has 0 aliphatic heterocycles. The maximum Gasteiger partial charge on any atom is 0.360 e. The number of aromatic nitrogens is 6. The largest absolute Gasteiger partial charge is 0.363 e. The molecule has 0 amide bonds. The molecule has 3 rings (SSSR count). The molecule has 0 fully saturated rings. The van der Waals surface area contributed by atoms with Crippen molar-refractivity contribution in [1.82, 2.24) is 30.0 Å². The molecule has 0 spiro atoms. The second-order valence-electron chi connectivity index (χ2n) is 4.22. The summed E-state index contributed by atoms with van der Waals surface area (Å²) in [7, 11) is -3.24. The number of ether oxygens (including phenoxy) is 1. The fourth-order valence-corrected chi connectivity index (χ4v) is 2.87. The summed E-state index contributed by atoms with van der Waals surface area (Å²) in [5.41, 5.74) is 1.20. The van der Waals surface area contributed by atoms with Gasteiger partial charge in [-0.1, -0.05) is 6.07 Å². The van der Waals surface area contributed by atoms with Gasteiger partial charge in [0.2, 0.25) is 5.82 Å². The van der Waals surface area contributed by atoms with E-state index in [0.29, 0.717) is 11.3 Å². The monoisotopic (exact) mass is 310 g/mol. The summed E-state index contributed by atoms with van der Waals surface area (Å²) in [6, 6.07) is 4.89. The molecule has 3 N–H and O–H groups in total. The fourth-order valence-electron chi connectivity index (χ4n) is 2.04. The number of imidazole rings is 1. The summed E-state index contributed by atoms with van der Waals surface area (Å²) >= 11 is 0. The molecule has 3 aromatic heterocycles. The molecule has 110 valence electrons. The van der Waals surface area contributed by atoms with Gasteiger partial charge in [0.15, 0.2) is 5.85 Å². The summed E-state index contributed by atoms with van der Waals surface area (Å²) in [6.45, 7) is 0. The number of rotatable bonds is 4. The lowest BCUT2D eigenvalue weighted by Crippen LogP contribution is -2.07. The van der Waals surface area contributed by atoms with Gasteiger partial charge in [-0.05, 0) is 17.3 Å². The van der Waals surface area contributed by atoms with Crippen LogP contribution in [0.1, 0.15) is 11.5 Å². The van der Waals surface area contributed by atoms with E-state index < -0.39 is 13.4 Å². The van der Waals surface area contributed by atoms with Gasteiger partial charge < -0.3 is 14.5 Å². The highest BCUT2D eigenvalue weighted by atomic mass is 31.2. The highest BCUT2D eigenvalue weighted by Crippen LogP contribution is 2.52. The standard InChI is InChI=1S/C10H11N6O4P/c1-20-10(21(17,18)19)7-3-2-4-8-11-6(5-16(7)8)9-12-14-15-13-9/h2-5,10H,1H3,(H2,17,18,19)(H,12,13,14,15). The van der Waals surface area contributed by atoms with Crippen LogP contribution in [-0.2, 0) is 9.30 Å². The fraction of sp³-hybridized carbons (Fsp3) is 0.200. The Hall–Kier alpha value is -2.13. The van der Waals surface area contributed by atoms with Gasteiger partial charge in [-0.3, -0.25) is 8.97 Å². The van der Waals surface area contributed by atoms with Crippen molar-refractivity contribution in [2.24, 2.45) is 0 Å². The van der Waals surface area contributed by atoms with Crippen molar-refractivity contribution < 1.29 is 19.1 Å². The summed E-state index contributed by atoms with van der Waals surface area (Å²) in [5, 5.41) is 13.4.